The molecule has 1 aromatic carbocycles. The van der Waals surface area contributed by atoms with Crippen molar-refractivity contribution in [3.63, 3.8) is 0 Å². The van der Waals surface area contributed by atoms with Gasteiger partial charge >= 0.3 is 0 Å². The van der Waals surface area contributed by atoms with Crippen molar-refractivity contribution in [3.8, 4) is 11.5 Å². The van der Waals surface area contributed by atoms with Crippen LogP contribution in [0.3, 0.4) is 0 Å². The molecule has 3 heterocycles. The lowest BCUT2D eigenvalue weighted by Gasteiger charge is -2.24. The molecule has 1 amide bonds. The summed E-state index contributed by atoms with van der Waals surface area (Å²) in [7, 11) is 5.25. The van der Waals surface area contributed by atoms with Gasteiger partial charge < -0.3 is 19.3 Å². The van der Waals surface area contributed by atoms with Crippen molar-refractivity contribution in [2.24, 2.45) is 0 Å². The number of nitrogens with zero attached hydrogens (tertiary/aromatic N) is 4. The largest absolute Gasteiger partial charge is 0.496 e. The van der Waals surface area contributed by atoms with Crippen LogP contribution in [0.1, 0.15) is 39.8 Å². The minimum atomic E-state index is -0.0728. The first kappa shape index (κ1) is 18.7. The molecule has 28 heavy (non-hydrogen) atoms. The first-order valence-corrected chi connectivity index (χ1v) is 9.64. The summed E-state index contributed by atoms with van der Waals surface area (Å²) < 4.78 is 10.8. The van der Waals surface area contributed by atoms with Crippen LogP contribution in [0.15, 0.2) is 24.4 Å². The van der Waals surface area contributed by atoms with Gasteiger partial charge in [-0.2, -0.15) is 0 Å². The fraction of sp³-hybridized carbons (Fsp3) is 0.476. The Morgan fingerprint density at radius 2 is 1.93 bits per heavy atom. The second-order valence-electron chi connectivity index (χ2n) is 7.46. The molecule has 148 valence electrons. The quantitative estimate of drug-likeness (QED) is 0.807. The second-order valence-corrected chi connectivity index (χ2v) is 7.46. The van der Waals surface area contributed by atoms with E-state index < -0.39 is 0 Å². The average Bonchev–Trinajstić information content (AvgIpc) is 3.22. The van der Waals surface area contributed by atoms with Crippen LogP contribution in [-0.2, 0) is 13.0 Å². The van der Waals surface area contributed by atoms with E-state index in [1.165, 1.54) is 5.56 Å². The number of aromatic nitrogens is 2. The predicted octanol–water partition coefficient (Wildman–Crippen LogP) is 2.11. The predicted molar refractivity (Wildman–Crippen MR) is 105 cm³/mol. The zero-order valence-corrected chi connectivity index (χ0v) is 16.6. The standard InChI is InChI=1S/C21H26N4O3/c1-24-9-8-16-15(12-24)11-22-20(23-16)14-7-10-25(13-14)21(26)19-17(27-2)5-4-6-18(19)28-3/h4-6,11,14H,7-10,12-13H2,1-3H3/t14-/m0/s1. The minimum absolute atomic E-state index is 0.0728. The van der Waals surface area contributed by atoms with Gasteiger partial charge in [-0.15, -0.1) is 0 Å². The maximum Gasteiger partial charge on any atom is 0.261 e. The number of amides is 1. The molecule has 1 aromatic heterocycles. The minimum Gasteiger partial charge on any atom is -0.496 e. The average molecular weight is 382 g/mol. The number of hydrogen-bond donors (Lipinski definition) is 0. The highest BCUT2D eigenvalue weighted by Gasteiger charge is 2.33. The van der Waals surface area contributed by atoms with E-state index in [-0.39, 0.29) is 11.8 Å². The number of carbonyl (C=O) groups is 1. The van der Waals surface area contributed by atoms with Gasteiger partial charge in [0.15, 0.2) is 0 Å². The molecule has 7 nitrogen and oxygen atoms in total. The van der Waals surface area contributed by atoms with Crippen molar-refractivity contribution in [3.05, 3.63) is 47.0 Å². The summed E-state index contributed by atoms with van der Waals surface area (Å²) in [5, 5.41) is 0. The number of rotatable bonds is 4. The van der Waals surface area contributed by atoms with Gasteiger partial charge in [-0.3, -0.25) is 4.79 Å². The number of carbonyl (C=O) groups excluding carboxylic acids is 1. The van der Waals surface area contributed by atoms with Crippen molar-refractivity contribution < 1.29 is 14.3 Å². The second kappa shape index (κ2) is 7.75. The number of ether oxygens (including phenoxy) is 2. The summed E-state index contributed by atoms with van der Waals surface area (Å²) in [6.45, 7) is 3.21. The van der Waals surface area contributed by atoms with E-state index in [0.717, 1.165) is 37.4 Å². The Morgan fingerprint density at radius 3 is 2.64 bits per heavy atom. The molecular weight excluding hydrogens is 356 g/mol. The fourth-order valence-corrected chi connectivity index (χ4v) is 4.04. The summed E-state index contributed by atoms with van der Waals surface area (Å²) in [4.78, 5) is 26.8. The molecule has 4 rings (SSSR count). The van der Waals surface area contributed by atoms with Crippen molar-refractivity contribution >= 4 is 5.91 Å². The maximum atomic E-state index is 13.2. The highest BCUT2D eigenvalue weighted by molar-refractivity contribution is 6.00. The van der Waals surface area contributed by atoms with Gasteiger partial charge in [0.25, 0.3) is 5.91 Å². The molecule has 0 bridgehead atoms. The maximum absolute atomic E-state index is 13.2. The molecule has 0 N–H and O–H groups in total. The lowest BCUT2D eigenvalue weighted by atomic mass is 10.1. The Hall–Kier alpha value is -2.67. The third-order valence-electron chi connectivity index (χ3n) is 5.63. The molecular formula is C21H26N4O3. The van der Waals surface area contributed by atoms with E-state index in [0.29, 0.717) is 30.2 Å². The molecule has 0 spiro atoms. The molecule has 0 aliphatic carbocycles. The number of likely N-dealkylation sites (N-methyl/N-ethyl adjacent to an activating group) is 1. The van der Waals surface area contributed by atoms with Crippen molar-refractivity contribution in [2.45, 2.75) is 25.3 Å². The third-order valence-corrected chi connectivity index (χ3v) is 5.63. The first-order chi connectivity index (χ1) is 13.6. The molecule has 1 fully saturated rings. The van der Waals surface area contributed by atoms with Crippen LogP contribution in [0.25, 0.3) is 0 Å². The Kier molecular flexibility index (Phi) is 5.17. The Bertz CT molecular complexity index is 864. The highest BCUT2D eigenvalue weighted by Crippen LogP contribution is 2.33. The van der Waals surface area contributed by atoms with Crippen molar-refractivity contribution in [1.82, 2.24) is 19.8 Å². The molecule has 2 aromatic rings. The van der Waals surface area contributed by atoms with Crippen molar-refractivity contribution in [1.29, 1.82) is 0 Å². The number of methoxy groups -OCH3 is 2. The van der Waals surface area contributed by atoms with Crippen LogP contribution in [0.4, 0.5) is 0 Å². The lowest BCUT2D eigenvalue weighted by molar-refractivity contribution is 0.0783. The van der Waals surface area contributed by atoms with E-state index in [9.17, 15) is 4.79 Å². The van der Waals surface area contributed by atoms with Gasteiger partial charge in [-0.1, -0.05) is 6.07 Å². The lowest BCUT2D eigenvalue weighted by Crippen LogP contribution is -2.30. The van der Waals surface area contributed by atoms with Gasteiger partial charge in [0, 0.05) is 56.0 Å². The Labute approximate surface area is 165 Å². The van der Waals surface area contributed by atoms with Crippen LogP contribution >= 0.6 is 0 Å². The van der Waals surface area contributed by atoms with Crippen LogP contribution in [0.2, 0.25) is 0 Å². The van der Waals surface area contributed by atoms with Crippen molar-refractivity contribution in [2.75, 3.05) is 40.9 Å². The molecule has 7 heteroatoms. The number of fused-ring (bicyclic) bond motifs is 1. The van der Waals surface area contributed by atoms with Gasteiger partial charge in [0.1, 0.15) is 22.9 Å². The first-order valence-electron chi connectivity index (χ1n) is 9.64. The van der Waals surface area contributed by atoms with Crippen LogP contribution in [0, 0.1) is 0 Å². The zero-order chi connectivity index (χ0) is 19.7. The smallest absolute Gasteiger partial charge is 0.261 e. The summed E-state index contributed by atoms with van der Waals surface area (Å²) in [5.41, 5.74) is 2.84. The van der Waals surface area contributed by atoms with Gasteiger partial charge in [-0.25, -0.2) is 9.97 Å². The van der Waals surface area contributed by atoms with E-state index >= 15 is 0 Å². The molecule has 2 aliphatic rings. The van der Waals surface area contributed by atoms with Gasteiger partial charge in [-0.05, 0) is 25.6 Å². The van der Waals surface area contributed by atoms with E-state index in [1.54, 1.807) is 26.4 Å². The third kappa shape index (κ3) is 3.42. The van der Waals surface area contributed by atoms with Crippen LogP contribution < -0.4 is 9.47 Å². The topological polar surface area (TPSA) is 67.8 Å². The number of benzene rings is 1. The molecule has 0 unspecified atom stereocenters. The summed E-state index contributed by atoms with van der Waals surface area (Å²) >= 11 is 0. The molecule has 2 aliphatic heterocycles. The van der Waals surface area contributed by atoms with Gasteiger partial charge in [0.2, 0.25) is 0 Å². The highest BCUT2D eigenvalue weighted by atomic mass is 16.5. The number of likely N-dealkylation sites (tertiary alicyclic amines) is 1. The summed E-state index contributed by atoms with van der Waals surface area (Å²) in [5.74, 6) is 2.00. The Morgan fingerprint density at radius 1 is 1.18 bits per heavy atom. The molecule has 1 saturated heterocycles. The molecule has 0 saturated carbocycles. The monoisotopic (exact) mass is 382 g/mol. The van der Waals surface area contributed by atoms with E-state index in [1.807, 2.05) is 17.2 Å². The van der Waals surface area contributed by atoms with Crippen LogP contribution in [-0.4, -0.2) is 66.6 Å². The zero-order valence-electron chi connectivity index (χ0n) is 16.6. The fourth-order valence-electron chi connectivity index (χ4n) is 4.04. The summed E-state index contributed by atoms with van der Waals surface area (Å²) in [6, 6.07) is 5.39. The van der Waals surface area contributed by atoms with Gasteiger partial charge in [0.05, 0.1) is 14.2 Å². The Balaban J connectivity index is 1.53. The van der Waals surface area contributed by atoms with Crippen LogP contribution in [0.5, 0.6) is 11.5 Å². The molecule has 1 atom stereocenters. The van der Waals surface area contributed by atoms with E-state index in [4.69, 9.17) is 14.5 Å². The normalized spacial score (nSPS) is 19.4. The number of hydrogen-bond acceptors (Lipinski definition) is 6. The summed E-state index contributed by atoms with van der Waals surface area (Å²) in [6.07, 6.45) is 3.78. The molecule has 0 radical (unpaired) electrons. The SMILES string of the molecule is COc1cccc(OC)c1C(=O)N1CC[C@H](c2ncc3c(n2)CCN(C)C3)C1. The van der Waals surface area contributed by atoms with E-state index in [2.05, 4.69) is 16.9 Å².